The zero-order chi connectivity index (χ0) is 18.6. The highest BCUT2D eigenvalue weighted by molar-refractivity contribution is 5.91. The number of aryl methyl sites for hydroxylation is 1. The van der Waals surface area contributed by atoms with Gasteiger partial charge in [-0.25, -0.2) is 4.39 Å². The molecule has 0 atom stereocenters. The Kier molecular flexibility index (Phi) is 4.82. The van der Waals surface area contributed by atoms with Gasteiger partial charge in [-0.15, -0.1) is 10.2 Å². The Balaban J connectivity index is 1.36. The Labute approximate surface area is 156 Å². The number of aromatic nitrogens is 3. The number of carbonyl (C=O) groups excluding carboxylic acids is 1. The molecule has 0 radical (unpaired) electrons. The van der Waals surface area contributed by atoms with E-state index >= 15 is 0 Å². The molecule has 0 saturated heterocycles. The van der Waals surface area contributed by atoms with Crippen LogP contribution in [0.1, 0.15) is 18.7 Å². The summed E-state index contributed by atoms with van der Waals surface area (Å²) in [5.74, 6) is 1.83. The standard InChI is InChI=1S/C20H19FN4O2/c21-15-6-8-16(9-7-15)22-19(26)13-27-17-10-4-14(5-11-17)20-24-23-18-3-1-2-12-25(18)20/h4-11H,1-3,12-13H2,(H,22,26). The summed E-state index contributed by atoms with van der Waals surface area (Å²) in [5, 5.41) is 11.2. The number of anilines is 1. The maximum Gasteiger partial charge on any atom is 0.262 e. The average Bonchev–Trinajstić information content (AvgIpc) is 3.13. The van der Waals surface area contributed by atoms with E-state index in [1.807, 2.05) is 24.3 Å². The first kappa shape index (κ1) is 17.2. The van der Waals surface area contributed by atoms with E-state index in [4.69, 9.17) is 4.74 Å². The summed E-state index contributed by atoms with van der Waals surface area (Å²) in [6, 6.07) is 13.0. The Morgan fingerprint density at radius 1 is 1.07 bits per heavy atom. The van der Waals surface area contributed by atoms with Crippen LogP contribution in [0.15, 0.2) is 48.5 Å². The molecule has 0 fully saturated rings. The van der Waals surface area contributed by atoms with E-state index in [9.17, 15) is 9.18 Å². The Morgan fingerprint density at radius 2 is 1.85 bits per heavy atom. The van der Waals surface area contributed by atoms with E-state index in [-0.39, 0.29) is 18.3 Å². The first-order valence-electron chi connectivity index (χ1n) is 8.90. The molecule has 0 spiro atoms. The number of amides is 1. The van der Waals surface area contributed by atoms with Crippen LogP contribution < -0.4 is 10.1 Å². The second kappa shape index (κ2) is 7.57. The third-order valence-corrected chi connectivity index (χ3v) is 4.47. The number of nitrogens with one attached hydrogen (secondary N) is 1. The van der Waals surface area contributed by atoms with Gasteiger partial charge < -0.3 is 14.6 Å². The Hall–Kier alpha value is -3.22. The number of nitrogens with zero attached hydrogens (tertiary/aromatic N) is 3. The van der Waals surface area contributed by atoms with Crippen LogP contribution in [0.4, 0.5) is 10.1 Å². The molecular formula is C20H19FN4O2. The van der Waals surface area contributed by atoms with Crippen LogP contribution in [0.5, 0.6) is 5.75 Å². The number of carbonyl (C=O) groups is 1. The highest BCUT2D eigenvalue weighted by Crippen LogP contribution is 2.24. The van der Waals surface area contributed by atoms with Crippen LogP contribution in [0, 0.1) is 5.82 Å². The van der Waals surface area contributed by atoms with Crippen molar-refractivity contribution in [2.24, 2.45) is 0 Å². The van der Waals surface area contributed by atoms with Crippen molar-refractivity contribution in [1.29, 1.82) is 0 Å². The molecule has 0 saturated carbocycles. The second-order valence-electron chi connectivity index (χ2n) is 6.42. The van der Waals surface area contributed by atoms with Gasteiger partial charge in [-0.1, -0.05) is 0 Å². The molecule has 1 aliphatic rings. The van der Waals surface area contributed by atoms with Gasteiger partial charge in [0.25, 0.3) is 5.91 Å². The molecule has 1 N–H and O–H groups in total. The number of ether oxygens (including phenoxy) is 1. The molecule has 2 heterocycles. The minimum absolute atomic E-state index is 0.128. The quantitative estimate of drug-likeness (QED) is 0.751. The molecule has 4 rings (SSSR count). The minimum atomic E-state index is -0.349. The van der Waals surface area contributed by atoms with Gasteiger partial charge in [0.2, 0.25) is 0 Å². The van der Waals surface area contributed by atoms with Gasteiger partial charge in [0.15, 0.2) is 12.4 Å². The maximum atomic E-state index is 12.9. The smallest absolute Gasteiger partial charge is 0.262 e. The van der Waals surface area contributed by atoms with Crippen molar-refractivity contribution in [3.05, 3.63) is 60.2 Å². The second-order valence-corrected chi connectivity index (χ2v) is 6.42. The Morgan fingerprint density at radius 3 is 2.63 bits per heavy atom. The van der Waals surface area contributed by atoms with Crippen molar-refractivity contribution < 1.29 is 13.9 Å². The van der Waals surface area contributed by atoms with Crippen LogP contribution in [-0.2, 0) is 17.8 Å². The fourth-order valence-electron chi connectivity index (χ4n) is 3.10. The van der Waals surface area contributed by atoms with E-state index < -0.39 is 0 Å². The van der Waals surface area contributed by atoms with Crippen LogP contribution >= 0.6 is 0 Å². The molecule has 7 heteroatoms. The molecule has 2 aromatic carbocycles. The van der Waals surface area contributed by atoms with Gasteiger partial charge in [0.05, 0.1) is 0 Å². The zero-order valence-electron chi connectivity index (χ0n) is 14.7. The van der Waals surface area contributed by atoms with Gasteiger partial charge in [-0.3, -0.25) is 4.79 Å². The highest BCUT2D eigenvalue weighted by Gasteiger charge is 2.16. The lowest BCUT2D eigenvalue weighted by Gasteiger charge is -2.14. The molecule has 6 nitrogen and oxygen atoms in total. The van der Waals surface area contributed by atoms with Crippen LogP contribution in [-0.4, -0.2) is 27.3 Å². The molecule has 1 aromatic heterocycles. The fraction of sp³-hybridized carbons (Fsp3) is 0.250. The minimum Gasteiger partial charge on any atom is -0.484 e. The van der Waals surface area contributed by atoms with E-state index in [0.717, 1.165) is 43.0 Å². The number of fused-ring (bicyclic) bond motifs is 1. The van der Waals surface area contributed by atoms with Crippen molar-refractivity contribution in [2.45, 2.75) is 25.8 Å². The molecule has 138 valence electrons. The largest absolute Gasteiger partial charge is 0.484 e. The SMILES string of the molecule is O=C(COc1ccc(-c2nnc3n2CCCC3)cc1)Nc1ccc(F)cc1. The third kappa shape index (κ3) is 3.97. The van der Waals surface area contributed by atoms with E-state index in [1.165, 1.54) is 24.3 Å². The van der Waals surface area contributed by atoms with Gasteiger partial charge in [0.1, 0.15) is 17.4 Å². The lowest BCUT2D eigenvalue weighted by Crippen LogP contribution is -2.20. The van der Waals surface area contributed by atoms with E-state index in [1.54, 1.807) is 0 Å². The van der Waals surface area contributed by atoms with Gasteiger partial charge in [-0.2, -0.15) is 0 Å². The first-order valence-corrected chi connectivity index (χ1v) is 8.90. The van der Waals surface area contributed by atoms with Crippen molar-refractivity contribution >= 4 is 11.6 Å². The summed E-state index contributed by atoms with van der Waals surface area (Å²) in [7, 11) is 0. The number of hydrogen-bond acceptors (Lipinski definition) is 4. The predicted octanol–water partition coefficient (Wildman–Crippen LogP) is 3.44. The third-order valence-electron chi connectivity index (χ3n) is 4.47. The molecule has 1 amide bonds. The molecule has 27 heavy (non-hydrogen) atoms. The number of benzene rings is 2. The summed E-state index contributed by atoms with van der Waals surface area (Å²) in [4.78, 5) is 11.9. The van der Waals surface area contributed by atoms with Crippen LogP contribution in [0.25, 0.3) is 11.4 Å². The highest BCUT2D eigenvalue weighted by atomic mass is 19.1. The summed E-state index contributed by atoms with van der Waals surface area (Å²) in [5.41, 5.74) is 1.50. The summed E-state index contributed by atoms with van der Waals surface area (Å²) in [6.07, 6.45) is 3.27. The summed E-state index contributed by atoms with van der Waals surface area (Å²) in [6.45, 7) is 0.816. The van der Waals surface area contributed by atoms with Crippen LogP contribution in [0.3, 0.4) is 0 Å². The zero-order valence-corrected chi connectivity index (χ0v) is 14.7. The van der Waals surface area contributed by atoms with Crippen molar-refractivity contribution in [3.8, 4) is 17.1 Å². The average molecular weight is 366 g/mol. The van der Waals surface area contributed by atoms with Crippen molar-refractivity contribution in [1.82, 2.24) is 14.8 Å². The number of hydrogen-bond donors (Lipinski definition) is 1. The predicted molar refractivity (Wildman–Crippen MR) is 98.9 cm³/mol. The van der Waals surface area contributed by atoms with Crippen LogP contribution in [0.2, 0.25) is 0 Å². The van der Waals surface area contributed by atoms with Crippen molar-refractivity contribution in [3.63, 3.8) is 0 Å². The molecular weight excluding hydrogens is 347 g/mol. The number of halogens is 1. The summed E-state index contributed by atoms with van der Waals surface area (Å²) >= 11 is 0. The van der Waals surface area contributed by atoms with Gasteiger partial charge in [-0.05, 0) is 61.4 Å². The summed E-state index contributed by atoms with van der Waals surface area (Å²) < 4.78 is 20.6. The van der Waals surface area contributed by atoms with E-state index in [2.05, 4.69) is 20.1 Å². The van der Waals surface area contributed by atoms with Crippen molar-refractivity contribution in [2.75, 3.05) is 11.9 Å². The molecule has 3 aromatic rings. The van der Waals surface area contributed by atoms with Gasteiger partial charge >= 0.3 is 0 Å². The molecule has 0 unspecified atom stereocenters. The normalized spacial score (nSPS) is 13.1. The molecule has 0 bridgehead atoms. The maximum absolute atomic E-state index is 12.9. The van der Waals surface area contributed by atoms with E-state index in [0.29, 0.717) is 11.4 Å². The topological polar surface area (TPSA) is 69.0 Å². The number of rotatable bonds is 5. The lowest BCUT2D eigenvalue weighted by molar-refractivity contribution is -0.118. The van der Waals surface area contributed by atoms with Gasteiger partial charge in [0, 0.05) is 24.2 Å². The molecule has 1 aliphatic heterocycles. The lowest BCUT2D eigenvalue weighted by atomic mass is 10.1. The fourth-order valence-corrected chi connectivity index (χ4v) is 3.10. The monoisotopic (exact) mass is 366 g/mol. The first-order chi connectivity index (χ1) is 13.2. The Bertz CT molecular complexity index is 936. The molecule has 0 aliphatic carbocycles.